The molecule has 0 amide bonds. The predicted octanol–water partition coefficient (Wildman–Crippen LogP) is 4.14. The summed E-state index contributed by atoms with van der Waals surface area (Å²) in [5, 5.41) is 15.6. The van der Waals surface area contributed by atoms with Crippen molar-refractivity contribution in [3.63, 3.8) is 0 Å². The first kappa shape index (κ1) is 21.2. The first-order valence-corrected chi connectivity index (χ1v) is 10.0. The van der Waals surface area contributed by atoms with E-state index in [9.17, 15) is 9.50 Å². The van der Waals surface area contributed by atoms with E-state index in [1.807, 2.05) is 0 Å². The van der Waals surface area contributed by atoms with Crippen LogP contribution in [-0.2, 0) is 15.1 Å². The van der Waals surface area contributed by atoms with E-state index in [0.717, 1.165) is 19.4 Å². The van der Waals surface area contributed by atoms with Gasteiger partial charge in [-0.1, -0.05) is 35.9 Å². The Labute approximate surface area is 170 Å². The van der Waals surface area contributed by atoms with E-state index in [-0.39, 0.29) is 5.82 Å². The lowest BCUT2D eigenvalue weighted by atomic mass is 9.79. The zero-order valence-electron chi connectivity index (χ0n) is 16.1. The molecule has 2 aromatic carbocycles. The highest BCUT2D eigenvalue weighted by molar-refractivity contribution is 6.30. The van der Waals surface area contributed by atoms with Crippen molar-refractivity contribution in [1.82, 2.24) is 5.32 Å². The maximum Gasteiger partial charge on any atom is 0.131 e. The summed E-state index contributed by atoms with van der Waals surface area (Å²) in [6, 6.07) is 11.9. The van der Waals surface area contributed by atoms with Crippen LogP contribution in [0.1, 0.15) is 24.8 Å². The number of aliphatic hydroxyl groups is 1. The van der Waals surface area contributed by atoms with Gasteiger partial charge in [0.2, 0.25) is 0 Å². The number of hydrogen-bond donors (Lipinski definition) is 2. The Morgan fingerprint density at radius 3 is 2.82 bits per heavy atom. The summed E-state index contributed by atoms with van der Waals surface area (Å²) in [5.41, 5.74) is 0.204. The van der Waals surface area contributed by atoms with E-state index in [4.69, 9.17) is 21.1 Å². The minimum absolute atomic E-state index is 0.369. The van der Waals surface area contributed by atoms with E-state index >= 15 is 0 Å². The Kier molecular flexibility index (Phi) is 7.43. The third-order valence-electron chi connectivity index (χ3n) is 5.21. The number of methoxy groups -OCH3 is 1. The number of nitrogens with one attached hydrogen (secondary N) is 1. The molecule has 0 radical (unpaired) electrons. The first-order valence-electron chi connectivity index (χ1n) is 9.65. The summed E-state index contributed by atoms with van der Waals surface area (Å²) < 4.78 is 26.0. The SMILES string of the molecule is COCCCC[C@@](O)(c1cccc(F)c1-c1cccc(Cl)c1)[C@H]1CNCCO1. The van der Waals surface area contributed by atoms with Crippen LogP contribution in [0.5, 0.6) is 0 Å². The van der Waals surface area contributed by atoms with E-state index in [0.29, 0.717) is 47.9 Å². The lowest BCUT2D eigenvalue weighted by Gasteiger charge is -2.40. The van der Waals surface area contributed by atoms with Gasteiger partial charge < -0.3 is 19.9 Å². The Morgan fingerprint density at radius 2 is 2.11 bits per heavy atom. The average Bonchev–Trinajstić information content (AvgIpc) is 2.71. The van der Waals surface area contributed by atoms with Crippen LogP contribution in [-0.4, -0.2) is 44.6 Å². The van der Waals surface area contributed by atoms with Gasteiger partial charge in [0.15, 0.2) is 0 Å². The number of hydrogen-bond acceptors (Lipinski definition) is 4. The molecule has 1 aliphatic heterocycles. The molecule has 0 aliphatic carbocycles. The molecular formula is C22H27ClFNO3. The minimum Gasteiger partial charge on any atom is -0.385 e. The predicted molar refractivity (Wildman–Crippen MR) is 109 cm³/mol. The molecule has 152 valence electrons. The molecule has 6 heteroatoms. The molecule has 2 aromatic rings. The van der Waals surface area contributed by atoms with Crippen LogP contribution in [0.25, 0.3) is 11.1 Å². The van der Waals surface area contributed by atoms with E-state index in [1.54, 1.807) is 43.5 Å². The number of rotatable bonds is 8. The number of unbranched alkanes of at least 4 members (excludes halogenated alkanes) is 1. The molecule has 1 heterocycles. The van der Waals surface area contributed by atoms with E-state index in [2.05, 4.69) is 5.32 Å². The lowest BCUT2D eigenvalue weighted by molar-refractivity contribution is -0.129. The van der Waals surface area contributed by atoms with Gasteiger partial charge in [-0.25, -0.2) is 4.39 Å². The van der Waals surface area contributed by atoms with Crippen LogP contribution >= 0.6 is 11.6 Å². The number of ether oxygens (including phenoxy) is 2. The Morgan fingerprint density at radius 1 is 1.29 bits per heavy atom. The number of halogens is 2. The van der Waals surface area contributed by atoms with Crippen molar-refractivity contribution >= 4 is 11.6 Å². The van der Waals surface area contributed by atoms with Crippen molar-refractivity contribution < 1.29 is 19.0 Å². The monoisotopic (exact) mass is 407 g/mol. The molecule has 1 fully saturated rings. The molecular weight excluding hydrogens is 381 g/mol. The van der Waals surface area contributed by atoms with Crippen molar-refractivity contribution in [2.45, 2.75) is 31.0 Å². The molecule has 0 unspecified atom stereocenters. The maximum atomic E-state index is 15.0. The van der Waals surface area contributed by atoms with Crippen LogP contribution in [0.4, 0.5) is 4.39 Å². The highest BCUT2D eigenvalue weighted by Gasteiger charge is 2.42. The van der Waals surface area contributed by atoms with Crippen molar-refractivity contribution in [3.8, 4) is 11.1 Å². The standard InChI is InChI=1S/C22H27ClFNO3/c1-27-12-3-2-10-22(26,20-15-25-11-13-28-20)18-8-5-9-19(24)21(18)16-6-4-7-17(23)14-16/h4-9,14,20,25-26H,2-3,10-13,15H2,1H3/t20-,22-/m1/s1. The lowest BCUT2D eigenvalue weighted by Crippen LogP contribution is -2.51. The summed E-state index contributed by atoms with van der Waals surface area (Å²) in [6.45, 7) is 2.36. The summed E-state index contributed by atoms with van der Waals surface area (Å²) in [7, 11) is 1.66. The van der Waals surface area contributed by atoms with Crippen LogP contribution in [0, 0.1) is 5.82 Å². The fraction of sp³-hybridized carbons (Fsp3) is 0.455. The maximum absolute atomic E-state index is 15.0. The van der Waals surface area contributed by atoms with Gasteiger partial charge in [0.1, 0.15) is 17.5 Å². The second kappa shape index (κ2) is 9.81. The molecule has 0 bridgehead atoms. The second-order valence-electron chi connectivity index (χ2n) is 7.11. The summed E-state index contributed by atoms with van der Waals surface area (Å²) in [5.74, 6) is -0.390. The summed E-state index contributed by atoms with van der Waals surface area (Å²) >= 11 is 6.15. The second-order valence-corrected chi connectivity index (χ2v) is 7.55. The van der Waals surface area contributed by atoms with Crippen molar-refractivity contribution in [2.75, 3.05) is 33.4 Å². The van der Waals surface area contributed by atoms with Crippen LogP contribution < -0.4 is 5.32 Å². The Hall–Kier alpha value is -1.50. The minimum atomic E-state index is -1.33. The molecule has 1 aliphatic rings. The summed E-state index contributed by atoms with van der Waals surface area (Å²) in [4.78, 5) is 0. The first-order chi connectivity index (χ1) is 13.6. The van der Waals surface area contributed by atoms with Gasteiger partial charge in [0.25, 0.3) is 0 Å². The molecule has 2 atom stereocenters. The fourth-order valence-corrected chi connectivity index (χ4v) is 3.99. The quantitative estimate of drug-likeness (QED) is 0.646. The molecule has 1 saturated heterocycles. The Bertz CT molecular complexity index is 782. The average molecular weight is 408 g/mol. The number of benzene rings is 2. The van der Waals surface area contributed by atoms with Gasteiger partial charge >= 0.3 is 0 Å². The van der Waals surface area contributed by atoms with Crippen molar-refractivity contribution in [2.24, 2.45) is 0 Å². The van der Waals surface area contributed by atoms with Gasteiger partial charge in [-0.05, 0) is 48.6 Å². The Balaban J connectivity index is 2.05. The van der Waals surface area contributed by atoms with E-state index < -0.39 is 11.7 Å². The van der Waals surface area contributed by atoms with Crippen LogP contribution in [0.2, 0.25) is 5.02 Å². The summed E-state index contributed by atoms with van der Waals surface area (Å²) in [6.07, 6.45) is 1.51. The third-order valence-corrected chi connectivity index (χ3v) is 5.45. The molecule has 4 nitrogen and oxygen atoms in total. The van der Waals surface area contributed by atoms with E-state index in [1.165, 1.54) is 6.07 Å². The normalized spacial score (nSPS) is 19.4. The fourth-order valence-electron chi connectivity index (χ4n) is 3.80. The largest absolute Gasteiger partial charge is 0.385 e. The molecule has 3 rings (SSSR count). The van der Waals surface area contributed by atoms with Gasteiger partial charge in [-0.15, -0.1) is 0 Å². The van der Waals surface area contributed by atoms with Crippen LogP contribution in [0.15, 0.2) is 42.5 Å². The van der Waals surface area contributed by atoms with Crippen molar-refractivity contribution in [3.05, 3.63) is 58.9 Å². The van der Waals surface area contributed by atoms with Gasteiger partial charge in [-0.3, -0.25) is 0 Å². The van der Waals surface area contributed by atoms with Gasteiger partial charge in [-0.2, -0.15) is 0 Å². The van der Waals surface area contributed by atoms with Gasteiger partial charge in [0.05, 0.1) is 6.61 Å². The molecule has 2 N–H and O–H groups in total. The molecule has 0 aromatic heterocycles. The zero-order valence-corrected chi connectivity index (χ0v) is 16.8. The molecule has 0 saturated carbocycles. The molecule has 0 spiro atoms. The smallest absolute Gasteiger partial charge is 0.131 e. The highest BCUT2D eigenvalue weighted by atomic mass is 35.5. The third kappa shape index (κ3) is 4.73. The van der Waals surface area contributed by atoms with Crippen molar-refractivity contribution in [1.29, 1.82) is 0 Å². The highest BCUT2D eigenvalue weighted by Crippen LogP contribution is 2.40. The van der Waals surface area contributed by atoms with Crippen LogP contribution in [0.3, 0.4) is 0 Å². The number of morpholine rings is 1. The zero-order chi connectivity index (χ0) is 20.0. The topological polar surface area (TPSA) is 50.7 Å². The molecule has 28 heavy (non-hydrogen) atoms. The van der Waals surface area contributed by atoms with Gasteiger partial charge in [0, 0.05) is 37.4 Å².